The summed E-state index contributed by atoms with van der Waals surface area (Å²) >= 11 is 0. The van der Waals surface area contributed by atoms with Crippen molar-refractivity contribution in [1.29, 1.82) is 0 Å². The van der Waals surface area contributed by atoms with Crippen molar-refractivity contribution in [1.82, 2.24) is 19.7 Å². The van der Waals surface area contributed by atoms with Crippen molar-refractivity contribution >= 4 is 27.6 Å². The molecule has 1 unspecified atom stereocenters. The number of aryl methyl sites for hydroxylation is 2. The molecule has 3 amide bonds. The van der Waals surface area contributed by atoms with E-state index in [1.165, 1.54) is 18.7 Å². The second-order valence-electron chi connectivity index (χ2n) is 9.19. The molecule has 2 N–H and O–H groups in total. The molecular formula is C27H33N5O7S. The molecule has 214 valence electrons. The van der Waals surface area contributed by atoms with Crippen LogP contribution >= 0.6 is 0 Å². The molecule has 0 bridgehead atoms. The fourth-order valence-corrected chi connectivity index (χ4v) is 6.37. The number of nitrogens with zero attached hydrogens (tertiary/aromatic N) is 3. The van der Waals surface area contributed by atoms with Crippen LogP contribution in [0.3, 0.4) is 0 Å². The second-order valence-corrected chi connectivity index (χ2v) is 11.0. The molecule has 1 fully saturated rings. The minimum absolute atomic E-state index is 0.0745. The first-order valence-corrected chi connectivity index (χ1v) is 14.2. The zero-order valence-electron chi connectivity index (χ0n) is 22.8. The number of anilines is 1. The quantitative estimate of drug-likeness (QED) is 0.399. The molecule has 0 aliphatic carbocycles. The second kappa shape index (κ2) is 12.4. The van der Waals surface area contributed by atoms with E-state index in [-0.39, 0.29) is 42.5 Å². The molecule has 2 aromatic carbocycles. The number of hydrogen-bond donors (Lipinski definition) is 2. The van der Waals surface area contributed by atoms with Gasteiger partial charge < -0.3 is 29.5 Å². The lowest BCUT2D eigenvalue weighted by atomic mass is 10.1. The van der Waals surface area contributed by atoms with E-state index < -0.39 is 28.0 Å². The Morgan fingerprint density at radius 1 is 1.10 bits per heavy atom. The van der Waals surface area contributed by atoms with Crippen LogP contribution in [0.1, 0.15) is 23.9 Å². The lowest BCUT2D eigenvalue weighted by Gasteiger charge is -2.39. The summed E-state index contributed by atoms with van der Waals surface area (Å²) in [5.74, 6) is 0.885. The molecule has 1 aromatic heterocycles. The average Bonchev–Trinajstić information content (AvgIpc) is 3.30. The Morgan fingerprint density at radius 2 is 1.85 bits per heavy atom. The van der Waals surface area contributed by atoms with Crippen molar-refractivity contribution in [3.05, 3.63) is 65.5 Å². The van der Waals surface area contributed by atoms with Crippen LogP contribution in [0.4, 0.5) is 10.5 Å². The average molecular weight is 572 g/mol. The lowest BCUT2D eigenvalue weighted by molar-refractivity contribution is -0.126. The van der Waals surface area contributed by atoms with Gasteiger partial charge in [0.05, 0.1) is 13.7 Å². The Labute approximate surface area is 233 Å². The predicted molar refractivity (Wildman–Crippen MR) is 147 cm³/mol. The van der Waals surface area contributed by atoms with Crippen LogP contribution in [0.25, 0.3) is 0 Å². The Kier molecular flexibility index (Phi) is 8.95. The van der Waals surface area contributed by atoms with Crippen LogP contribution < -0.4 is 20.1 Å². The van der Waals surface area contributed by atoms with Gasteiger partial charge in [-0.15, -0.1) is 0 Å². The number of piperazine rings is 1. The number of methoxy groups -OCH3 is 1. The maximum atomic E-state index is 13.7. The summed E-state index contributed by atoms with van der Waals surface area (Å²) in [6.45, 7) is 5.40. The van der Waals surface area contributed by atoms with Crippen molar-refractivity contribution in [2.45, 2.75) is 38.3 Å². The van der Waals surface area contributed by atoms with Crippen LogP contribution in [-0.2, 0) is 21.4 Å². The molecule has 2 heterocycles. The van der Waals surface area contributed by atoms with E-state index in [4.69, 9.17) is 14.0 Å². The molecule has 1 aliphatic rings. The fourth-order valence-electron chi connectivity index (χ4n) is 4.51. The minimum Gasteiger partial charge on any atom is -0.497 e. The smallest absolute Gasteiger partial charge is 0.321 e. The number of amides is 3. The third-order valence-electron chi connectivity index (χ3n) is 6.47. The molecule has 1 atom stereocenters. The van der Waals surface area contributed by atoms with Crippen LogP contribution in [0.15, 0.2) is 57.9 Å². The first-order valence-electron chi connectivity index (χ1n) is 12.8. The highest BCUT2D eigenvalue weighted by Crippen LogP contribution is 2.27. The van der Waals surface area contributed by atoms with Gasteiger partial charge in [0, 0.05) is 31.9 Å². The van der Waals surface area contributed by atoms with Gasteiger partial charge in [-0.1, -0.05) is 17.3 Å². The van der Waals surface area contributed by atoms with E-state index in [1.807, 2.05) is 13.0 Å². The topological polar surface area (TPSA) is 143 Å². The zero-order valence-corrected chi connectivity index (χ0v) is 23.7. The van der Waals surface area contributed by atoms with Gasteiger partial charge in [-0.2, -0.15) is 4.31 Å². The first-order chi connectivity index (χ1) is 19.1. The first kappa shape index (κ1) is 28.9. The highest BCUT2D eigenvalue weighted by Gasteiger charge is 2.43. The maximum absolute atomic E-state index is 13.7. The molecule has 0 spiro atoms. The molecule has 1 saturated heterocycles. The van der Waals surface area contributed by atoms with Crippen molar-refractivity contribution in [3.63, 3.8) is 0 Å². The SMILES string of the molecule is CCOc1ccc(NC(=O)N2CCN(S(=O)(=O)c3c(C)noc3C)C(C(=O)NCc3cccc(OC)c3)C2)cc1. The summed E-state index contributed by atoms with van der Waals surface area (Å²) in [4.78, 5) is 28.0. The number of hydrogen-bond acceptors (Lipinski definition) is 8. The fraction of sp³-hybridized carbons (Fsp3) is 0.370. The zero-order chi connectivity index (χ0) is 28.9. The maximum Gasteiger partial charge on any atom is 0.321 e. The van der Waals surface area contributed by atoms with Crippen LogP contribution in [0.2, 0.25) is 0 Å². The van der Waals surface area contributed by atoms with Gasteiger partial charge in [0.1, 0.15) is 28.1 Å². The summed E-state index contributed by atoms with van der Waals surface area (Å²) in [5, 5.41) is 9.39. The summed E-state index contributed by atoms with van der Waals surface area (Å²) in [7, 11) is -2.62. The van der Waals surface area contributed by atoms with Gasteiger partial charge in [-0.25, -0.2) is 13.2 Å². The molecule has 1 aliphatic heterocycles. The van der Waals surface area contributed by atoms with Crippen LogP contribution in [0, 0.1) is 13.8 Å². The highest BCUT2D eigenvalue weighted by molar-refractivity contribution is 7.89. The third-order valence-corrected chi connectivity index (χ3v) is 8.63. The number of sulfonamides is 1. The van der Waals surface area contributed by atoms with Gasteiger partial charge in [-0.05, 0) is 62.7 Å². The number of ether oxygens (including phenoxy) is 2. The number of aromatic nitrogens is 1. The monoisotopic (exact) mass is 571 g/mol. The van der Waals surface area contributed by atoms with E-state index in [0.29, 0.717) is 23.8 Å². The predicted octanol–water partition coefficient (Wildman–Crippen LogP) is 2.92. The van der Waals surface area contributed by atoms with Crippen molar-refractivity contribution in [2.24, 2.45) is 0 Å². The largest absolute Gasteiger partial charge is 0.497 e. The Bertz CT molecular complexity index is 1440. The van der Waals surface area contributed by atoms with Crippen molar-refractivity contribution in [3.8, 4) is 11.5 Å². The standard InChI is InChI=1S/C27H33N5O7S/c1-5-38-22-11-9-21(10-12-22)29-27(34)31-13-14-32(40(35,36)25-18(2)30-39-19(25)3)24(17-31)26(33)28-16-20-7-6-8-23(15-20)37-4/h6-12,15,24H,5,13-14,16-17H2,1-4H3,(H,28,33)(H,29,34). The number of benzene rings is 2. The molecular weight excluding hydrogens is 538 g/mol. The van der Waals surface area contributed by atoms with E-state index in [2.05, 4.69) is 15.8 Å². The van der Waals surface area contributed by atoms with Gasteiger partial charge in [0.2, 0.25) is 15.9 Å². The number of carbonyl (C=O) groups excluding carboxylic acids is 2. The Morgan fingerprint density at radius 3 is 2.50 bits per heavy atom. The van der Waals surface area contributed by atoms with Gasteiger partial charge in [-0.3, -0.25) is 4.79 Å². The van der Waals surface area contributed by atoms with Crippen molar-refractivity contribution in [2.75, 3.05) is 38.7 Å². The summed E-state index contributed by atoms with van der Waals surface area (Å²) < 4.78 is 44.3. The van der Waals surface area contributed by atoms with Crippen molar-refractivity contribution < 1.29 is 32.0 Å². The summed E-state index contributed by atoms with van der Waals surface area (Å²) in [6, 6.07) is 12.4. The summed E-state index contributed by atoms with van der Waals surface area (Å²) in [5.41, 5.74) is 1.51. The van der Waals surface area contributed by atoms with Gasteiger partial charge in [0.25, 0.3) is 0 Å². The van der Waals surface area contributed by atoms with Gasteiger partial charge >= 0.3 is 6.03 Å². The number of carbonyl (C=O) groups is 2. The van der Waals surface area contributed by atoms with Crippen LogP contribution in [-0.4, -0.2) is 74.1 Å². The molecule has 0 saturated carbocycles. The highest BCUT2D eigenvalue weighted by atomic mass is 32.2. The van der Waals surface area contributed by atoms with E-state index >= 15 is 0 Å². The molecule has 40 heavy (non-hydrogen) atoms. The van der Waals surface area contributed by atoms with Gasteiger partial charge in [0.15, 0.2) is 5.76 Å². The van der Waals surface area contributed by atoms with E-state index in [1.54, 1.807) is 49.6 Å². The number of urea groups is 1. The van der Waals surface area contributed by atoms with E-state index in [0.717, 1.165) is 9.87 Å². The molecule has 3 aromatic rings. The molecule has 12 nitrogen and oxygen atoms in total. The third kappa shape index (κ3) is 6.37. The minimum atomic E-state index is -4.16. The Hall–Kier alpha value is -4.10. The molecule has 0 radical (unpaired) electrons. The molecule has 13 heteroatoms. The normalized spacial score (nSPS) is 15.9. The lowest BCUT2D eigenvalue weighted by Crippen LogP contribution is -2.61. The number of nitrogens with one attached hydrogen (secondary N) is 2. The summed E-state index contributed by atoms with van der Waals surface area (Å²) in [6.07, 6.45) is 0. The van der Waals surface area contributed by atoms with E-state index in [9.17, 15) is 18.0 Å². The number of rotatable bonds is 9. The van der Waals surface area contributed by atoms with Crippen LogP contribution in [0.5, 0.6) is 11.5 Å². The Balaban J connectivity index is 1.55. The molecule has 4 rings (SSSR count).